The second-order valence-electron chi connectivity index (χ2n) is 5.43. The monoisotopic (exact) mass is 234 g/mol. The van der Waals surface area contributed by atoms with Crippen LogP contribution in [0.4, 0.5) is 0 Å². The molecule has 2 fully saturated rings. The summed E-state index contributed by atoms with van der Waals surface area (Å²) in [4.78, 5) is 28.7. The van der Waals surface area contributed by atoms with Gasteiger partial charge in [0, 0.05) is 0 Å². The smallest absolute Gasteiger partial charge is 0.211 e. The van der Waals surface area contributed by atoms with Crippen LogP contribution in [0.2, 0.25) is 0 Å². The van der Waals surface area contributed by atoms with E-state index >= 15 is 0 Å². The van der Waals surface area contributed by atoms with Gasteiger partial charge < -0.3 is 0 Å². The van der Waals surface area contributed by atoms with Gasteiger partial charge in [-0.25, -0.2) is 19.6 Å². The van der Waals surface area contributed by atoms with Gasteiger partial charge in [-0.1, -0.05) is 6.92 Å². The maximum Gasteiger partial charge on any atom is 0.235 e. The maximum absolute atomic E-state index is 10.5. The molecule has 0 N–H and O–H groups in total. The molecule has 2 bridgehead atoms. The van der Waals surface area contributed by atoms with Gasteiger partial charge in [0.05, 0.1) is 12.1 Å². The van der Waals surface area contributed by atoms with E-state index in [4.69, 9.17) is 0 Å². The van der Waals surface area contributed by atoms with Crippen molar-refractivity contribution in [1.82, 2.24) is 0 Å². The molecule has 0 spiro atoms. The number of isocyanates is 2. The lowest BCUT2D eigenvalue weighted by molar-refractivity contribution is 0.213. The summed E-state index contributed by atoms with van der Waals surface area (Å²) in [6.45, 7) is 2.03. The summed E-state index contributed by atoms with van der Waals surface area (Å²) in [7, 11) is 0. The summed E-state index contributed by atoms with van der Waals surface area (Å²) in [5.41, 5.74) is 0.100. The summed E-state index contributed by atoms with van der Waals surface area (Å²) in [5, 5.41) is 0. The number of carbonyl (C=O) groups excluding carboxylic acids is 2. The molecule has 0 aliphatic heterocycles. The highest BCUT2D eigenvalue weighted by atomic mass is 16.1. The van der Waals surface area contributed by atoms with Crippen molar-refractivity contribution in [1.29, 1.82) is 0 Å². The highest BCUT2D eigenvalue weighted by Crippen LogP contribution is 2.58. The molecule has 0 aromatic heterocycles. The average molecular weight is 234 g/mol. The number of nitrogens with zero attached hydrogens (tertiary/aromatic N) is 2. The Labute approximate surface area is 101 Å². The Kier molecular flexibility index (Phi) is 3.56. The van der Waals surface area contributed by atoms with Gasteiger partial charge in [-0.15, -0.1) is 0 Å². The van der Waals surface area contributed by atoms with E-state index in [0.29, 0.717) is 5.92 Å². The SMILES string of the molecule is CCC(CC12CCC(CC1N=C=O)C2)N=C=O. The summed E-state index contributed by atoms with van der Waals surface area (Å²) in [6, 6.07) is 0.142. The van der Waals surface area contributed by atoms with E-state index in [1.165, 1.54) is 6.42 Å². The lowest BCUT2D eigenvalue weighted by Gasteiger charge is -2.33. The predicted molar refractivity (Wildman–Crippen MR) is 63.1 cm³/mol. The zero-order valence-electron chi connectivity index (χ0n) is 10.2. The number of fused-ring (bicyclic) bond motifs is 2. The van der Waals surface area contributed by atoms with Crippen LogP contribution in [-0.4, -0.2) is 24.2 Å². The van der Waals surface area contributed by atoms with E-state index in [-0.39, 0.29) is 17.5 Å². The first kappa shape index (κ1) is 12.2. The summed E-state index contributed by atoms with van der Waals surface area (Å²) < 4.78 is 0. The minimum absolute atomic E-state index is 0.0358. The molecule has 0 amide bonds. The molecule has 0 aromatic rings. The number of aliphatic imine (C=N–C) groups is 2. The summed E-state index contributed by atoms with van der Waals surface area (Å²) in [6.07, 6.45) is 9.56. The Bertz CT molecular complexity index is 383. The number of hydrogen-bond acceptors (Lipinski definition) is 4. The van der Waals surface area contributed by atoms with E-state index in [1.54, 1.807) is 12.2 Å². The van der Waals surface area contributed by atoms with Crippen LogP contribution in [0, 0.1) is 11.3 Å². The molecule has 2 saturated carbocycles. The first-order chi connectivity index (χ1) is 8.24. The molecule has 0 saturated heterocycles. The zero-order chi connectivity index (χ0) is 12.3. The fraction of sp³-hybridized carbons (Fsp3) is 0.846. The standard InChI is InChI=1S/C13H18N2O2/c1-2-11(14-8-16)7-13-4-3-10(6-13)5-12(13)15-9-17/h10-12H,2-7H2,1H3. The van der Waals surface area contributed by atoms with Crippen molar-refractivity contribution >= 4 is 12.2 Å². The van der Waals surface area contributed by atoms with Crippen molar-refractivity contribution in [2.45, 2.75) is 57.5 Å². The van der Waals surface area contributed by atoms with Crippen molar-refractivity contribution in [2.75, 3.05) is 0 Å². The molecule has 2 rings (SSSR count). The normalized spacial score (nSPS) is 36.1. The number of hydrogen-bond donors (Lipinski definition) is 0. The van der Waals surface area contributed by atoms with E-state index in [1.807, 2.05) is 6.92 Å². The molecular weight excluding hydrogens is 216 g/mol. The van der Waals surface area contributed by atoms with E-state index in [2.05, 4.69) is 9.98 Å². The second kappa shape index (κ2) is 4.95. The fourth-order valence-corrected chi connectivity index (χ4v) is 3.74. The molecule has 4 nitrogen and oxygen atoms in total. The molecule has 2 aliphatic carbocycles. The quantitative estimate of drug-likeness (QED) is 0.541. The molecule has 2 aliphatic rings. The van der Waals surface area contributed by atoms with E-state index in [9.17, 15) is 9.59 Å². The van der Waals surface area contributed by atoms with Gasteiger partial charge in [-0.05, 0) is 49.9 Å². The zero-order valence-corrected chi connectivity index (χ0v) is 10.2. The molecule has 92 valence electrons. The van der Waals surface area contributed by atoms with Crippen molar-refractivity contribution < 1.29 is 9.59 Å². The molecule has 0 radical (unpaired) electrons. The number of rotatable bonds is 5. The first-order valence-electron chi connectivity index (χ1n) is 6.38. The third kappa shape index (κ3) is 2.24. The average Bonchev–Trinajstić information content (AvgIpc) is 2.86. The van der Waals surface area contributed by atoms with Crippen LogP contribution in [0.15, 0.2) is 9.98 Å². The third-order valence-electron chi connectivity index (χ3n) is 4.57. The Morgan fingerprint density at radius 1 is 1.41 bits per heavy atom. The van der Waals surface area contributed by atoms with E-state index < -0.39 is 0 Å². The van der Waals surface area contributed by atoms with Gasteiger partial charge in [0.25, 0.3) is 0 Å². The van der Waals surface area contributed by atoms with Gasteiger partial charge >= 0.3 is 0 Å². The minimum atomic E-state index is 0.0358. The van der Waals surface area contributed by atoms with Crippen LogP contribution in [0.25, 0.3) is 0 Å². The lowest BCUT2D eigenvalue weighted by atomic mass is 9.75. The van der Waals surface area contributed by atoms with Crippen molar-refractivity contribution in [3.63, 3.8) is 0 Å². The molecule has 0 heterocycles. The molecule has 4 unspecified atom stereocenters. The van der Waals surface area contributed by atoms with Gasteiger partial charge in [0.2, 0.25) is 12.2 Å². The van der Waals surface area contributed by atoms with Crippen LogP contribution >= 0.6 is 0 Å². The van der Waals surface area contributed by atoms with Crippen molar-refractivity contribution in [3.05, 3.63) is 0 Å². The predicted octanol–water partition coefficient (Wildman–Crippen LogP) is 2.39. The minimum Gasteiger partial charge on any atom is -0.211 e. The molecule has 17 heavy (non-hydrogen) atoms. The van der Waals surface area contributed by atoms with Crippen LogP contribution in [-0.2, 0) is 9.59 Å². The van der Waals surface area contributed by atoms with Crippen LogP contribution in [0.1, 0.15) is 45.4 Å². The van der Waals surface area contributed by atoms with Crippen molar-refractivity contribution in [2.24, 2.45) is 21.3 Å². The molecular formula is C13H18N2O2. The Morgan fingerprint density at radius 2 is 2.24 bits per heavy atom. The van der Waals surface area contributed by atoms with Gasteiger partial charge in [-0.3, -0.25) is 0 Å². The van der Waals surface area contributed by atoms with E-state index in [0.717, 1.165) is 32.1 Å². The van der Waals surface area contributed by atoms with Crippen molar-refractivity contribution in [3.8, 4) is 0 Å². The highest BCUT2D eigenvalue weighted by molar-refractivity contribution is 5.35. The Morgan fingerprint density at radius 3 is 2.82 bits per heavy atom. The molecule has 0 aromatic carbocycles. The van der Waals surface area contributed by atoms with Crippen LogP contribution < -0.4 is 0 Å². The van der Waals surface area contributed by atoms with Crippen LogP contribution in [0.3, 0.4) is 0 Å². The maximum atomic E-state index is 10.5. The molecule has 4 heteroatoms. The van der Waals surface area contributed by atoms with Gasteiger partial charge in [-0.2, -0.15) is 0 Å². The Balaban J connectivity index is 2.15. The Hall–Kier alpha value is -1.24. The fourth-order valence-electron chi connectivity index (χ4n) is 3.74. The van der Waals surface area contributed by atoms with Crippen LogP contribution in [0.5, 0.6) is 0 Å². The first-order valence-corrected chi connectivity index (χ1v) is 6.38. The topological polar surface area (TPSA) is 58.9 Å². The van der Waals surface area contributed by atoms with Gasteiger partial charge in [0.1, 0.15) is 0 Å². The largest absolute Gasteiger partial charge is 0.235 e. The van der Waals surface area contributed by atoms with Gasteiger partial charge in [0.15, 0.2) is 0 Å². The third-order valence-corrected chi connectivity index (χ3v) is 4.57. The summed E-state index contributed by atoms with van der Waals surface area (Å²) in [5.74, 6) is 0.704. The lowest BCUT2D eigenvalue weighted by Crippen LogP contribution is -2.32. The summed E-state index contributed by atoms with van der Waals surface area (Å²) >= 11 is 0. The second-order valence-corrected chi connectivity index (χ2v) is 5.43. The molecule has 4 atom stereocenters. The highest BCUT2D eigenvalue weighted by Gasteiger charge is 2.52.